The van der Waals surface area contributed by atoms with E-state index in [-0.39, 0.29) is 10.7 Å². The fourth-order valence-electron chi connectivity index (χ4n) is 2.18. The number of carbonyl (C=O) groups is 1. The van der Waals surface area contributed by atoms with E-state index in [9.17, 15) is 17.6 Å². The monoisotopic (exact) mass is 479 g/mol. The molecule has 0 fully saturated rings. The average molecular weight is 480 g/mol. The Morgan fingerprint density at radius 3 is 2.57 bits per heavy atom. The van der Waals surface area contributed by atoms with Crippen molar-refractivity contribution in [3.8, 4) is 11.3 Å². The minimum atomic E-state index is -4.03. The Morgan fingerprint density at radius 1 is 1.25 bits per heavy atom. The number of hydrogen-bond donors (Lipinski definition) is 1. The first-order valence-electron chi connectivity index (χ1n) is 7.53. The molecule has 0 atom stereocenters. The van der Waals surface area contributed by atoms with Gasteiger partial charge in [-0.1, -0.05) is 23.2 Å². The van der Waals surface area contributed by atoms with Crippen molar-refractivity contribution in [2.45, 2.75) is 4.90 Å². The molecule has 28 heavy (non-hydrogen) atoms. The number of thiazole rings is 1. The van der Waals surface area contributed by atoms with Gasteiger partial charge >= 0.3 is 0 Å². The van der Waals surface area contributed by atoms with Crippen LogP contribution in [-0.4, -0.2) is 37.7 Å². The Labute approximate surface area is 178 Å². The molecule has 6 nitrogen and oxygen atoms in total. The van der Waals surface area contributed by atoms with E-state index in [1.54, 1.807) is 11.4 Å². The molecular weight excluding hydrogens is 468 g/mol. The molecule has 0 saturated heterocycles. The molecule has 1 N–H and O–H groups in total. The highest BCUT2D eigenvalue weighted by atomic mass is 35.5. The second kappa shape index (κ2) is 8.05. The third-order valence-electron chi connectivity index (χ3n) is 3.61. The number of carbonyl (C=O) groups excluding carboxylic acids is 1. The highest BCUT2D eigenvalue weighted by molar-refractivity contribution is 7.89. The molecule has 0 saturated carbocycles. The number of aromatic nitrogens is 1. The molecule has 0 spiro atoms. The van der Waals surface area contributed by atoms with Crippen molar-refractivity contribution in [3.05, 3.63) is 49.7 Å². The topological polar surface area (TPSA) is 79.4 Å². The van der Waals surface area contributed by atoms with Crippen LogP contribution >= 0.6 is 45.9 Å². The molecule has 0 bridgehead atoms. The number of thiophene rings is 1. The number of rotatable bonds is 5. The molecule has 0 aliphatic heterocycles. The third kappa shape index (κ3) is 4.22. The number of nitrogens with one attached hydrogen (secondary N) is 1. The Morgan fingerprint density at radius 2 is 1.96 bits per heavy atom. The Hall–Kier alpha value is -1.56. The number of halogens is 3. The molecule has 0 aliphatic carbocycles. The normalized spacial score (nSPS) is 11.8. The number of amides is 1. The fourth-order valence-corrected chi connectivity index (χ4v) is 5.35. The van der Waals surface area contributed by atoms with Gasteiger partial charge in [0.05, 0.1) is 10.0 Å². The fraction of sp³-hybridized carbons (Fsp3) is 0.125. The zero-order valence-electron chi connectivity index (χ0n) is 14.4. The number of benzene rings is 1. The first kappa shape index (κ1) is 21.2. The first-order chi connectivity index (χ1) is 13.1. The summed E-state index contributed by atoms with van der Waals surface area (Å²) in [5.74, 6) is -1.56. The van der Waals surface area contributed by atoms with E-state index >= 15 is 0 Å². The van der Waals surface area contributed by atoms with Crippen LogP contribution in [0.1, 0.15) is 10.4 Å². The van der Waals surface area contributed by atoms with Crippen LogP contribution in [0.2, 0.25) is 8.67 Å². The number of nitrogens with zero attached hydrogens (tertiary/aromatic N) is 2. The summed E-state index contributed by atoms with van der Waals surface area (Å²) >= 11 is 14.4. The van der Waals surface area contributed by atoms with Gasteiger partial charge in [0.2, 0.25) is 10.0 Å². The maximum absolute atomic E-state index is 14.0. The molecule has 1 amide bonds. The van der Waals surface area contributed by atoms with Crippen molar-refractivity contribution in [2.24, 2.45) is 0 Å². The van der Waals surface area contributed by atoms with Crippen molar-refractivity contribution in [1.82, 2.24) is 9.29 Å². The zero-order chi connectivity index (χ0) is 20.6. The number of hydrogen-bond acceptors (Lipinski definition) is 6. The SMILES string of the molecule is CN(C)S(=O)(=O)c1cc(C(=O)Nc2nc(-c3cc(Cl)sc3Cl)cs2)ccc1F. The van der Waals surface area contributed by atoms with Gasteiger partial charge in [-0.2, -0.15) is 0 Å². The second-order valence-electron chi connectivity index (χ2n) is 5.66. The predicted octanol–water partition coefficient (Wildman–Crippen LogP) is 4.82. The van der Waals surface area contributed by atoms with Crippen molar-refractivity contribution in [1.29, 1.82) is 0 Å². The van der Waals surface area contributed by atoms with Gasteiger partial charge in [-0.25, -0.2) is 22.1 Å². The number of sulfonamides is 1. The van der Waals surface area contributed by atoms with Crippen LogP contribution in [0.15, 0.2) is 34.5 Å². The molecule has 148 valence electrons. The summed E-state index contributed by atoms with van der Waals surface area (Å²) in [6.45, 7) is 0. The summed E-state index contributed by atoms with van der Waals surface area (Å²) in [4.78, 5) is 16.2. The van der Waals surface area contributed by atoms with Crippen LogP contribution in [0, 0.1) is 5.82 Å². The van der Waals surface area contributed by atoms with Gasteiger partial charge in [-0.3, -0.25) is 10.1 Å². The van der Waals surface area contributed by atoms with Gasteiger partial charge in [0, 0.05) is 30.6 Å². The molecule has 12 heteroatoms. The van der Waals surface area contributed by atoms with Crippen molar-refractivity contribution >= 4 is 66.9 Å². The standard InChI is InChI=1S/C16H12Cl2FN3O3S3/c1-22(2)28(24,25)12-5-8(3-4-10(12)19)15(23)21-16-20-11(7-26-16)9-6-13(17)27-14(9)18/h3-7H,1-2H3,(H,20,21,23). The van der Waals surface area contributed by atoms with E-state index in [1.165, 1.54) is 31.5 Å². The van der Waals surface area contributed by atoms with Gasteiger partial charge in [0.25, 0.3) is 5.91 Å². The van der Waals surface area contributed by atoms with Crippen LogP contribution in [-0.2, 0) is 10.0 Å². The van der Waals surface area contributed by atoms with E-state index < -0.39 is 26.6 Å². The summed E-state index contributed by atoms with van der Waals surface area (Å²) < 4.78 is 40.2. The highest BCUT2D eigenvalue weighted by Gasteiger charge is 2.24. The minimum Gasteiger partial charge on any atom is -0.298 e. The molecule has 1 aromatic carbocycles. The largest absolute Gasteiger partial charge is 0.298 e. The van der Waals surface area contributed by atoms with Crippen LogP contribution < -0.4 is 5.32 Å². The summed E-state index contributed by atoms with van der Waals surface area (Å²) in [7, 11) is -1.48. The van der Waals surface area contributed by atoms with Crippen molar-refractivity contribution in [2.75, 3.05) is 19.4 Å². The molecular formula is C16H12Cl2FN3O3S3. The Bertz CT molecular complexity index is 1160. The smallest absolute Gasteiger partial charge is 0.257 e. The van der Waals surface area contributed by atoms with E-state index in [0.29, 0.717) is 19.9 Å². The van der Waals surface area contributed by atoms with E-state index in [4.69, 9.17) is 23.2 Å². The lowest BCUT2D eigenvalue weighted by Gasteiger charge is -2.13. The van der Waals surface area contributed by atoms with Crippen molar-refractivity contribution in [3.63, 3.8) is 0 Å². The maximum atomic E-state index is 14.0. The van der Waals surface area contributed by atoms with Crippen LogP contribution in [0.4, 0.5) is 9.52 Å². The minimum absolute atomic E-state index is 0.0183. The predicted molar refractivity (Wildman–Crippen MR) is 111 cm³/mol. The highest BCUT2D eigenvalue weighted by Crippen LogP contribution is 2.39. The summed E-state index contributed by atoms with van der Waals surface area (Å²) in [6, 6.07) is 4.80. The molecule has 0 aliphatic rings. The molecule has 2 aromatic heterocycles. The second-order valence-corrected chi connectivity index (χ2v) is 10.9. The molecule has 3 aromatic rings. The van der Waals surface area contributed by atoms with Gasteiger partial charge < -0.3 is 0 Å². The quantitative estimate of drug-likeness (QED) is 0.568. The van der Waals surface area contributed by atoms with Crippen molar-refractivity contribution < 1.29 is 17.6 Å². The van der Waals surface area contributed by atoms with Crippen LogP contribution in [0.5, 0.6) is 0 Å². The van der Waals surface area contributed by atoms with E-state index in [0.717, 1.165) is 27.8 Å². The lowest BCUT2D eigenvalue weighted by molar-refractivity contribution is 0.102. The first-order valence-corrected chi connectivity index (χ1v) is 11.4. The van der Waals surface area contributed by atoms with Crippen LogP contribution in [0.25, 0.3) is 11.3 Å². The summed E-state index contributed by atoms with van der Waals surface area (Å²) in [5.41, 5.74) is 1.17. The Kier molecular flexibility index (Phi) is 6.08. The van der Waals surface area contributed by atoms with Gasteiger partial charge in [0.15, 0.2) is 5.13 Å². The molecule has 2 heterocycles. The molecule has 0 radical (unpaired) electrons. The van der Waals surface area contributed by atoms with Gasteiger partial charge in [-0.05, 0) is 24.3 Å². The average Bonchev–Trinajstić information content (AvgIpc) is 3.20. The molecule has 3 rings (SSSR count). The number of anilines is 1. The van der Waals surface area contributed by atoms with Crippen LogP contribution in [0.3, 0.4) is 0 Å². The zero-order valence-corrected chi connectivity index (χ0v) is 18.3. The summed E-state index contributed by atoms with van der Waals surface area (Å²) in [6.07, 6.45) is 0. The van der Waals surface area contributed by atoms with E-state index in [1.807, 2.05) is 0 Å². The van der Waals surface area contributed by atoms with E-state index in [2.05, 4.69) is 10.3 Å². The van der Waals surface area contributed by atoms with Gasteiger partial charge in [0.1, 0.15) is 15.0 Å². The maximum Gasteiger partial charge on any atom is 0.257 e. The summed E-state index contributed by atoms with van der Waals surface area (Å²) in [5, 5.41) is 4.55. The van der Waals surface area contributed by atoms with Gasteiger partial charge in [-0.15, -0.1) is 22.7 Å². The molecule has 0 unspecified atom stereocenters. The third-order valence-corrected chi connectivity index (χ3v) is 7.68. The lowest BCUT2D eigenvalue weighted by atomic mass is 10.2. The Balaban J connectivity index is 1.86. The lowest BCUT2D eigenvalue weighted by Crippen LogP contribution is -2.24.